The van der Waals surface area contributed by atoms with Gasteiger partial charge in [0.2, 0.25) is 0 Å². The van der Waals surface area contributed by atoms with Crippen molar-refractivity contribution in [3.05, 3.63) is 46.8 Å². The molecule has 1 aliphatic rings. The van der Waals surface area contributed by atoms with E-state index in [1.54, 1.807) is 0 Å². The molecule has 2 nitrogen and oxygen atoms in total. The third-order valence-corrected chi connectivity index (χ3v) is 6.13. The van der Waals surface area contributed by atoms with Gasteiger partial charge >= 0.3 is 113 Å². The molecule has 1 atom stereocenters. The van der Waals surface area contributed by atoms with Crippen LogP contribution in [0.25, 0.3) is 9.65 Å². The summed E-state index contributed by atoms with van der Waals surface area (Å²) in [6.07, 6.45) is 10.3. The Morgan fingerprint density at radius 2 is 1.94 bits per heavy atom. The Balaban J connectivity index is 2.00. The monoisotopic (exact) mass is 307 g/mol. The van der Waals surface area contributed by atoms with E-state index < -0.39 is 0 Å². The first-order chi connectivity index (χ1) is 8.86. The SMILES string of the molecule is O=c1c2ccccc2[se]n1C1CCC=CCCC1. The van der Waals surface area contributed by atoms with Crippen LogP contribution in [0.2, 0.25) is 0 Å². The topological polar surface area (TPSA) is 22.0 Å². The standard InChI is InChI=1S/C15H17NOSe/c17-15-13-10-6-7-11-14(13)18-16(15)12-8-4-2-1-3-5-9-12/h1-2,6-7,10-12H,3-5,8-9H2. The van der Waals surface area contributed by atoms with Gasteiger partial charge in [-0.25, -0.2) is 0 Å². The normalized spacial score (nSPS) is 20.8. The molecule has 0 spiro atoms. The molecule has 0 aliphatic heterocycles. The fourth-order valence-electron chi connectivity index (χ4n) is 2.60. The maximum absolute atomic E-state index is 12.4. The zero-order chi connectivity index (χ0) is 12.4. The number of allylic oxidation sites excluding steroid dienone is 2. The third kappa shape index (κ3) is 2.25. The molecule has 0 saturated carbocycles. The van der Waals surface area contributed by atoms with Crippen molar-refractivity contribution >= 4 is 24.4 Å². The van der Waals surface area contributed by atoms with Crippen molar-refractivity contribution < 1.29 is 0 Å². The summed E-state index contributed by atoms with van der Waals surface area (Å²) >= 11 is 0.196. The van der Waals surface area contributed by atoms with Gasteiger partial charge in [-0.1, -0.05) is 0 Å². The summed E-state index contributed by atoms with van der Waals surface area (Å²) in [5, 5.41) is 0.940. The van der Waals surface area contributed by atoms with Crippen LogP contribution in [0.15, 0.2) is 41.2 Å². The van der Waals surface area contributed by atoms with Crippen LogP contribution < -0.4 is 5.56 Å². The Bertz CT molecular complexity index is 623. The second-order valence-electron chi connectivity index (χ2n) is 4.85. The van der Waals surface area contributed by atoms with Crippen LogP contribution in [0.3, 0.4) is 0 Å². The second kappa shape index (κ2) is 5.29. The molecule has 0 radical (unpaired) electrons. The molecule has 1 aromatic carbocycles. The minimum absolute atomic E-state index is 0.196. The summed E-state index contributed by atoms with van der Waals surface area (Å²) in [6, 6.07) is 8.54. The van der Waals surface area contributed by atoms with Gasteiger partial charge in [-0.15, -0.1) is 0 Å². The molecule has 1 unspecified atom stereocenters. The van der Waals surface area contributed by atoms with Gasteiger partial charge in [-0.2, -0.15) is 0 Å². The van der Waals surface area contributed by atoms with Crippen LogP contribution in [-0.2, 0) is 0 Å². The first-order valence-electron chi connectivity index (χ1n) is 6.62. The van der Waals surface area contributed by atoms with Gasteiger partial charge in [0.25, 0.3) is 0 Å². The molecule has 3 heteroatoms. The summed E-state index contributed by atoms with van der Waals surface area (Å²) in [5.41, 5.74) is 0.264. The summed E-state index contributed by atoms with van der Waals surface area (Å²) in [5.74, 6) is 0. The van der Waals surface area contributed by atoms with E-state index in [4.69, 9.17) is 0 Å². The van der Waals surface area contributed by atoms with Gasteiger partial charge in [-0.3, -0.25) is 0 Å². The molecule has 1 aliphatic carbocycles. The number of fused-ring (bicyclic) bond motifs is 1. The predicted octanol–water partition coefficient (Wildman–Crippen LogP) is 3.12. The van der Waals surface area contributed by atoms with Crippen LogP contribution in [-0.4, -0.2) is 18.3 Å². The van der Waals surface area contributed by atoms with Crippen LogP contribution in [0, 0.1) is 0 Å². The van der Waals surface area contributed by atoms with Crippen molar-refractivity contribution in [2.24, 2.45) is 0 Å². The molecule has 0 N–H and O–H groups in total. The minimum atomic E-state index is 0.196. The summed E-state index contributed by atoms with van der Waals surface area (Å²) in [6.45, 7) is 0. The third-order valence-electron chi connectivity index (χ3n) is 3.59. The Kier molecular flexibility index (Phi) is 3.53. The molecular weight excluding hydrogens is 289 g/mol. The quantitative estimate of drug-likeness (QED) is 0.586. The van der Waals surface area contributed by atoms with Crippen LogP contribution in [0.4, 0.5) is 0 Å². The summed E-state index contributed by atoms with van der Waals surface area (Å²) in [7, 11) is 0. The van der Waals surface area contributed by atoms with Crippen molar-refractivity contribution in [2.75, 3.05) is 0 Å². The fourth-order valence-corrected chi connectivity index (χ4v) is 5.01. The zero-order valence-electron chi connectivity index (χ0n) is 10.3. The van der Waals surface area contributed by atoms with Crippen molar-refractivity contribution in [1.29, 1.82) is 0 Å². The molecule has 18 heavy (non-hydrogen) atoms. The van der Waals surface area contributed by atoms with Crippen LogP contribution >= 0.6 is 0 Å². The molecule has 0 saturated heterocycles. The molecule has 3 rings (SSSR count). The number of rotatable bonds is 1. The van der Waals surface area contributed by atoms with E-state index in [1.807, 2.05) is 18.2 Å². The van der Waals surface area contributed by atoms with Crippen molar-refractivity contribution in [3.8, 4) is 0 Å². The molecular formula is C15H17NOSe. The Morgan fingerprint density at radius 3 is 2.83 bits per heavy atom. The molecule has 0 amide bonds. The number of benzene rings is 1. The first kappa shape index (κ1) is 12.0. The molecule has 1 heterocycles. The second-order valence-corrected chi connectivity index (χ2v) is 6.98. The zero-order valence-corrected chi connectivity index (χ0v) is 12.1. The van der Waals surface area contributed by atoms with Gasteiger partial charge in [0.15, 0.2) is 0 Å². The van der Waals surface area contributed by atoms with E-state index in [-0.39, 0.29) is 20.3 Å². The molecule has 94 valence electrons. The van der Waals surface area contributed by atoms with E-state index in [0.717, 1.165) is 24.6 Å². The molecule has 2 aromatic rings. The number of aromatic nitrogens is 1. The Hall–Kier alpha value is -1.05. The average Bonchev–Trinajstić information content (AvgIpc) is 2.67. The average molecular weight is 306 g/mol. The van der Waals surface area contributed by atoms with Gasteiger partial charge < -0.3 is 0 Å². The van der Waals surface area contributed by atoms with E-state index in [2.05, 4.69) is 21.8 Å². The predicted molar refractivity (Wildman–Crippen MR) is 76.4 cm³/mol. The molecule has 0 fully saturated rings. The van der Waals surface area contributed by atoms with Crippen molar-refractivity contribution in [1.82, 2.24) is 3.56 Å². The van der Waals surface area contributed by atoms with Crippen LogP contribution in [0.1, 0.15) is 38.1 Å². The summed E-state index contributed by atoms with van der Waals surface area (Å²) in [4.78, 5) is 12.4. The first-order valence-corrected chi connectivity index (χ1v) is 8.24. The summed E-state index contributed by atoms with van der Waals surface area (Å²) < 4.78 is 3.41. The van der Waals surface area contributed by atoms with Crippen LogP contribution in [0.5, 0.6) is 0 Å². The maximum atomic E-state index is 12.4. The van der Waals surface area contributed by atoms with Gasteiger partial charge in [0.1, 0.15) is 0 Å². The van der Waals surface area contributed by atoms with E-state index in [0.29, 0.717) is 6.04 Å². The van der Waals surface area contributed by atoms with Crippen molar-refractivity contribution in [3.63, 3.8) is 0 Å². The Morgan fingerprint density at radius 1 is 1.11 bits per heavy atom. The number of hydrogen-bond acceptors (Lipinski definition) is 1. The number of hydrogen-bond donors (Lipinski definition) is 0. The van der Waals surface area contributed by atoms with Crippen molar-refractivity contribution in [2.45, 2.75) is 38.1 Å². The number of nitrogens with zero attached hydrogens (tertiary/aromatic N) is 1. The van der Waals surface area contributed by atoms with E-state index in [1.165, 1.54) is 17.1 Å². The van der Waals surface area contributed by atoms with Gasteiger partial charge in [-0.05, 0) is 0 Å². The molecule has 1 aromatic heterocycles. The van der Waals surface area contributed by atoms with E-state index in [9.17, 15) is 4.79 Å². The fraction of sp³-hybridized carbons (Fsp3) is 0.400. The molecule has 0 bridgehead atoms. The van der Waals surface area contributed by atoms with Gasteiger partial charge in [0, 0.05) is 0 Å². The Labute approximate surface area is 113 Å². The van der Waals surface area contributed by atoms with E-state index >= 15 is 0 Å². The van der Waals surface area contributed by atoms with Gasteiger partial charge in [0.05, 0.1) is 0 Å².